The summed E-state index contributed by atoms with van der Waals surface area (Å²) in [5, 5.41) is 7.84. The highest BCUT2D eigenvalue weighted by Gasteiger charge is 2.18. The van der Waals surface area contributed by atoms with E-state index in [4.69, 9.17) is 9.47 Å². The summed E-state index contributed by atoms with van der Waals surface area (Å²) in [6, 6.07) is 15.3. The molecule has 1 atom stereocenters. The standard InChI is InChI=1S/C20H23N3O5/c1-14(19(25)22-16-8-10-17(27-2)11-9-16)28-18(24)12-13-21-20(26)23-15-6-4-3-5-7-15/h3-11,14H,12-13H2,1-2H3,(H,22,25)(H2,21,23,26)/t14-/m0/s1. The molecule has 0 aromatic heterocycles. The number of carbonyl (C=O) groups is 3. The number of nitrogens with one attached hydrogen (secondary N) is 3. The van der Waals surface area contributed by atoms with Crippen molar-refractivity contribution in [3.63, 3.8) is 0 Å². The number of urea groups is 1. The predicted octanol–water partition coefficient (Wildman–Crippen LogP) is 2.78. The van der Waals surface area contributed by atoms with Crippen LogP contribution in [0.25, 0.3) is 0 Å². The van der Waals surface area contributed by atoms with Gasteiger partial charge in [0.2, 0.25) is 0 Å². The Hall–Kier alpha value is -3.55. The van der Waals surface area contributed by atoms with Crippen molar-refractivity contribution in [3.05, 3.63) is 54.6 Å². The molecule has 2 rings (SSSR count). The van der Waals surface area contributed by atoms with Gasteiger partial charge in [0.25, 0.3) is 5.91 Å². The third-order valence-corrected chi connectivity index (χ3v) is 3.68. The van der Waals surface area contributed by atoms with Crippen molar-refractivity contribution in [1.29, 1.82) is 0 Å². The second-order valence-corrected chi connectivity index (χ2v) is 5.85. The molecule has 0 radical (unpaired) electrons. The minimum atomic E-state index is -0.965. The van der Waals surface area contributed by atoms with Crippen molar-refractivity contribution in [2.75, 3.05) is 24.3 Å². The Kier molecular flexibility index (Phi) is 7.83. The van der Waals surface area contributed by atoms with E-state index in [1.54, 1.807) is 55.6 Å². The molecule has 2 aromatic carbocycles. The minimum absolute atomic E-state index is 0.0532. The molecule has 0 fully saturated rings. The Bertz CT molecular complexity index is 793. The molecule has 28 heavy (non-hydrogen) atoms. The Morgan fingerprint density at radius 3 is 2.21 bits per heavy atom. The third-order valence-electron chi connectivity index (χ3n) is 3.68. The maximum Gasteiger partial charge on any atom is 0.319 e. The van der Waals surface area contributed by atoms with Crippen molar-refractivity contribution in [2.45, 2.75) is 19.4 Å². The summed E-state index contributed by atoms with van der Waals surface area (Å²) < 4.78 is 10.1. The Labute approximate surface area is 163 Å². The first-order valence-electron chi connectivity index (χ1n) is 8.72. The molecule has 2 aromatic rings. The van der Waals surface area contributed by atoms with Crippen LogP contribution in [0.2, 0.25) is 0 Å². The zero-order chi connectivity index (χ0) is 20.4. The molecule has 8 nitrogen and oxygen atoms in total. The number of carbonyl (C=O) groups excluding carboxylic acids is 3. The van der Waals surface area contributed by atoms with E-state index in [1.165, 1.54) is 6.92 Å². The van der Waals surface area contributed by atoms with Crippen LogP contribution in [0.4, 0.5) is 16.2 Å². The molecule has 8 heteroatoms. The number of ether oxygens (including phenoxy) is 2. The van der Waals surface area contributed by atoms with Gasteiger partial charge in [0.15, 0.2) is 6.10 Å². The molecule has 0 bridgehead atoms. The molecule has 0 saturated heterocycles. The van der Waals surface area contributed by atoms with E-state index >= 15 is 0 Å². The molecule has 0 heterocycles. The second-order valence-electron chi connectivity index (χ2n) is 5.85. The zero-order valence-corrected chi connectivity index (χ0v) is 15.7. The first kappa shape index (κ1) is 20.8. The third kappa shape index (κ3) is 6.99. The van der Waals surface area contributed by atoms with Crippen LogP contribution in [0.5, 0.6) is 5.75 Å². The first-order valence-corrected chi connectivity index (χ1v) is 8.72. The van der Waals surface area contributed by atoms with E-state index in [9.17, 15) is 14.4 Å². The van der Waals surface area contributed by atoms with Gasteiger partial charge < -0.3 is 25.4 Å². The van der Waals surface area contributed by atoms with Crippen LogP contribution in [-0.2, 0) is 14.3 Å². The normalized spacial score (nSPS) is 11.1. The quantitative estimate of drug-likeness (QED) is 0.606. The monoisotopic (exact) mass is 385 g/mol. The molecule has 3 amide bonds. The summed E-state index contributed by atoms with van der Waals surface area (Å²) in [6.45, 7) is 1.57. The number of methoxy groups -OCH3 is 1. The molecule has 148 valence electrons. The van der Waals surface area contributed by atoms with Crippen molar-refractivity contribution in [3.8, 4) is 5.75 Å². The van der Waals surface area contributed by atoms with E-state index in [0.29, 0.717) is 17.1 Å². The summed E-state index contributed by atoms with van der Waals surface area (Å²) in [4.78, 5) is 35.7. The predicted molar refractivity (Wildman–Crippen MR) is 105 cm³/mol. The Morgan fingerprint density at radius 2 is 1.57 bits per heavy atom. The zero-order valence-electron chi connectivity index (χ0n) is 15.7. The highest BCUT2D eigenvalue weighted by molar-refractivity contribution is 5.95. The average molecular weight is 385 g/mol. The van der Waals surface area contributed by atoms with E-state index in [1.807, 2.05) is 6.07 Å². The molecular weight excluding hydrogens is 362 g/mol. The van der Waals surface area contributed by atoms with E-state index in [0.717, 1.165) is 0 Å². The number of para-hydroxylation sites is 1. The molecule has 3 N–H and O–H groups in total. The van der Waals surface area contributed by atoms with Gasteiger partial charge >= 0.3 is 12.0 Å². The van der Waals surface area contributed by atoms with Crippen molar-refractivity contribution in [2.24, 2.45) is 0 Å². The number of rotatable bonds is 8. The van der Waals surface area contributed by atoms with Gasteiger partial charge in [-0.3, -0.25) is 9.59 Å². The number of anilines is 2. The largest absolute Gasteiger partial charge is 0.497 e. The van der Waals surface area contributed by atoms with Gasteiger partial charge in [0, 0.05) is 17.9 Å². The number of hydrogen-bond donors (Lipinski definition) is 3. The van der Waals surface area contributed by atoms with Crippen LogP contribution in [0, 0.1) is 0 Å². The van der Waals surface area contributed by atoms with Crippen LogP contribution >= 0.6 is 0 Å². The van der Waals surface area contributed by atoms with Crippen LogP contribution in [-0.4, -0.2) is 37.7 Å². The van der Waals surface area contributed by atoms with E-state index in [-0.39, 0.29) is 13.0 Å². The lowest BCUT2D eigenvalue weighted by Crippen LogP contribution is -2.33. The number of benzene rings is 2. The van der Waals surface area contributed by atoms with Gasteiger partial charge in [-0.15, -0.1) is 0 Å². The lowest BCUT2D eigenvalue weighted by Gasteiger charge is -2.14. The van der Waals surface area contributed by atoms with E-state index in [2.05, 4.69) is 16.0 Å². The van der Waals surface area contributed by atoms with Gasteiger partial charge in [-0.05, 0) is 43.3 Å². The fourth-order valence-corrected chi connectivity index (χ4v) is 2.20. The SMILES string of the molecule is COc1ccc(NC(=O)[C@H](C)OC(=O)CCNC(=O)Nc2ccccc2)cc1. The fraction of sp³-hybridized carbons (Fsp3) is 0.250. The smallest absolute Gasteiger partial charge is 0.319 e. The molecule has 0 unspecified atom stereocenters. The molecule has 0 aliphatic rings. The maximum absolute atomic E-state index is 12.1. The highest BCUT2D eigenvalue weighted by Crippen LogP contribution is 2.15. The van der Waals surface area contributed by atoms with E-state index < -0.39 is 24.0 Å². The fourth-order valence-electron chi connectivity index (χ4n) is 2.20. The van der Waals surface area contributed by atoms with Crippen LogP contribution in [0.15, 0.2) is 54.6 Å². The highest BCUT2D eigenvalue weighted by atomic mass is 16.5. The Morgan fingerprint density at radius 1 is 0.929 bits per heavy atom. The maximum atomic E-state index is 12.1. The lowest BCUT2D eigenvalue weighted by molar-refractivity contribution is -0.153. The molecular formula is C20H23N3O5. The second kappa shape index (κ2) is 10.6. The topological polar surface area (TPSA) is 106 Å². The van der Waals surface area contributed by atoms with Crippen LogP contribution < -0.4 is 20.7 Å². The summed E-state index contributed by atoms with van der Waals surface area (Å²) in [6.07, 6.45) is -1.02. The van der Waals surface area contributed by atoms with Crippen molar-refractivity contribution < 1.29 is 23.9 Å². The van der Waals surface area contributed by atoms with Gasteiger partial charge in [0.05, 0.1) is 13.5 Å². The summed E-state index contributed by atoms with van der Waals surface area (Å²) in [7, 11) is 1.55. The molecule has 0 spiro atoms. The summed E-state index contributed by atoms with van der Waals surface area (Å²) in [5.74, 6) is -0.369. The average Bonchev–Trinajstić information content (AvgIpc) is 2.69. The molecule has 0 aliphatic heterocycles. The van der Waals surface area contributed by atoms with Crippen LogP contribution in [0.1, 0.15) is 13.3 Å². The van der Waals surface area contributed by atoms with Gasteiger partial charge in [-0.2, -0.15) is 0 Å². The number of hydrogen-bond acceptors (Lipinski definition) is 5. The Balaban J connectivity index is 1.68. The summed E-state index contributed by atoms with van der Waals surface area (Å²) in [5.41, 5.74) is 1.21. The molecule has 0 aliphatic carbocycles. The first-order chi connectivity index (χ1) is 13.5. The number of amides is 3. The number of esters is 1. The van der Waals surface area contributed by atoms with Gasteiger partial charge in [0.1, 0.15) is 5.75 Å². The van der Waals surface area contributed by atoms with Crippen molar-refractivity contribution >= 4 is 29.3 Å². The minimum Gasteiger partial charge on any atom is -0.497 e. The lowest BCUT2D eigenvalue weighted by atomic mass is 10.3. The van der Waals surface area contributed by atoms with Gasteiger partial charge in [-0.1, -0.05) is 18.2 Å². The van der Waals surface area contributed by atoms with Crippen LogP contribution in [0.3, 0.4) is 0 Å². The van der Waals surface area contributed by atoms with Crippen molar-refractivity contribution in [1.82, 2.24) is 5.32 Å². The van der Waals surface area contributed by atoms with Gasteiger partial charge in [-0.25, -0.2) is 4.79 Å². The molecule has 0 saturated carbocycles. The summed E-state index contributed by atoms with van der Waals surface area (Å²) >= 11 is 0.